The molecule has 2 aromatic carbocycles. The van der Waals surface area contributed by atoms with Crippen molar-refractivity contribution in [3.63, 3.8) is 0 Å². The van der Waals surface area contributed by atoms with E-state index in [1.807, 2.05) is 23.1 Å². The third-order valence-corrected chi connectivity index (χ3v) is 9.04. The van der Waals surface area contributed by atoms with Gasteiger partial charge in [0.1, 0.15) is 0 Å². The maximum absolute atomic E-state index is 13.8. The zero-order valence-electron chi connectivity index (χ0n) is 21.1. The molecule has 0 unspecified atom stereocenters. The highest BCUT2D eigenvalue weighted by atomic mass is 16.2. The highest BCUT2D eigenvalue weighted by Crippen LogP contribution is 2.49. The molecule has 3 fully saturated rings. The van der Waals surface area contributed by atoms with Gasteiger partial charge in [-0.05, 0) is 75.7 Å². The second-order valence-electron chi connectivity index (χ2n) is 11.1. The van der Waals surface area contributed by atoms with E-state index >= 15 is 0 Å². The van der Waals surface area contributed by atoms with E-state index in [2.05, 4.69) is 54.2 Å². The summed E-state index contributed by atoms with van der Waals surface area (Å²) in [6, 6.07) is 18.4. The van der Waals surface area contributed by atoms with Crippen LogP contribution in [0.15, 0.2) is 54.6 Å². The van der Waals surface area contributed by atoms with Crippen molar-refractivity contribution in [2.75, 3.05) is 27.2 Å². The Labute approximate surface area is 209 Å². The Morgan fingerprint density at radius 2 is 1.66 bits per heavy atom. The first kappa shape index (κ1) is 23.9. The molecule has 0 bridgehead atoms. The van der Waals surface area contributed by atoms with Crippen LogP contribution in [0.25, 0.3) is 0 Å². The van der Waals surface area contributed by atoms with Crippen LogP contribution in [-0.4, -0.2) is 59.4 Å². The highest BCUT2D eigenvalue weighted by molar-refractivity contribution is 5.94. The standard InChI is InChI=1S/C29H38N4O2/c1-31(2)29(24-12-4-3-5-13-24)17-15-28(16-18-29)21-32(27(35)33(28)19-22-9-8-10-22)20-23-11-6-7-14-25(23)26(30)34/h3-7,11-14,22H,8-10,15-21H2,1-2H3,(H2,30,34)/t28-,29+. The van der Waals surface area contributed by atoms with Crippen molar-refractivity contribution in [1.29, 1.82) is 0 Å². The number of nitrogens with two attached hydrogens (primary N) is 1. The Bertz CT molecular complexity index is 1070. The van der Waals surface area contributed by atoms with Crippen LogP contribution in [0.1, 0.15) is 66.4 Å². The first-order valence-corrected chi connectivity index (χ1v) is 13.0. The largest absolute Gasteiger partial charge is 0.366 e. The molecular formula is C29H38N4O2. The molecule has 1 heterocycles. The number of hydrogen-bond donors (Lipinski definition) is 1. The van der Waals surface area contributed by atoms with Gasteiger partial charge in [0.2, 0.25) is 5.91 Å². The Morgan fingerprint density at radius 3 is 2.26 bits per heavy atom. The molecule has 5 rings (SSSR count). The maximum Gasteiger partial charge on any atom is 0.320 e. The first-order chi connectivity index (χ1) is 16.8. The summed E-state index contributed by atoms with van der Waals surface area (Å²) in [5, 5.41) is 0. The summed E-state index contributed by atoms with van der Waals surface area (Å²) in [5.74, 6) is 0.174. The van der Waals surface area contributed by atoms with Crippen LogP contribution >= 0.6 is 0 Å². The molecule has 6 heteroatoms. The fraction of sp³-hybridized carbons (Fsp3) is 0.517. The summed E-state index contributed by atoms with van der Waals surface area (Å²) < 4.78 is 0. The van der Waals surface area contributed by atoms with Crippen LogP contribution < -0.4 is 5.73 Å². The summed E-state index contributed by atoms with van der Waals surface area (Å²) in [6.07, 6.45) is 7.70. The van der Waals surface area contributed by atoms with Crippen molar-refractivity contribution in [2.24, 2.45) is 11.7 Å². The Hall–Kier alpha value is -2.86. The minimum absolute atomic E-state index is 0.0102. The Balaban J connectivity index is 1.42. The second kappa shape index (κ2) is 9.30. The first-order valence-electron chi connectivity index (χ1n) is 13.0. The topological polar surface area (TPSA) is 69.9 Å². The van der Waals surface area contributed by atoms with Crippen LogP contribution in [-0.2, 0) is 12.1 Å². The highest BCUT2D eigenvalue weighted by Gasteiger charge is 2.54. The van der Waals surface area contributed by atoms with E-state index in [9.17, 15) is 9.59 Å². The molecule has 1 aliphatic heterocycles. The van der Waals surface area contributed by atoms with Gasteiger partial charge >= 0.3 is 6.03 Å². The number of rotatable bonds is 7. The lowest BCUT2D eigenvalue weighted by Crippen LogP contribution is -2.56. The Kier molecular flexibility index (Phi) is 6.34. The van der Waals surface area contributed by atoms with Gasteiger partial charge < -0.3 is 15.5 Å². The Morgan fingerprint density at radius 1 is 1.00 bits per heavy atom. The van der Waals surface area contributed by atoms with Gasteiger partial charge in [-0.15, -0.1) is 0 Å². The van der Waals surface area contributed by atoms with E-state index in [1.165, 1.54) is 24.8 Å². The van der Waals surface area contributed by atoms with Gasteiger partial charge in [-0.25, -0.2) is 4.79 Å². The molecular weight excluding hydrogens is 436 g/mol. The van der Waals surface area contributed by atoms with Crippen LogP contribution in [0, 0.1) is 5.92 Å². The van der Waals surface area contributed by atoms with Crippen molar-refractivity contribution in [3.05, 3.63) is 71.3 Å². The summed E-state index contributed by atoms with van der Waals surface area (Å²) in [5.41, 5.74) is 8.17. The van der Waals surface area contributed by atoms with Crippen LogP contribution in [0.2, 0.25) is 0 Å². The molecule has 2 aliphatic carbocycles. The van der Waals surface area contributed by atoms with Gasteiger partial charge in [0.15, 0.2) is 0 Å². The molecule has 2 saturated carbocycles. The zero-order valence-corrected chi connectivity index (χ0v) is 21.1. The fourth-order valence-corrected chi connectivity index (χ4v) is 6.61. The molecule has 0 aromatic heterocycles. The van der Waals surface area contributed by atoms with Gasteiger partial charge in [-0.3, -0.25) is 9.69 Å². The van der Waals surface area contributed by atoms with Crippen molar-refractivity contribution < 1.29 is 9.59 Å². The van der Waals surface area contributed by atoms with Gasteiger partial charge in [0.05, 0.1) is 5.54 Å². The minimum atomic E-state index is -0.440. The molecule has 3 aliphatic rings. The lowest BCUT2D eigenvalue weighted by atomic mass is 9.68. The number of carbonyl (C=O) groups is 2. The van der Waals surface area contributed by atoms with Crippen LogP contribution in [0.4, 0.5) is 4.79 Å². The van der Waals surface area contributed by atoms with Crippen molar-refractivity contribution >= 4 is 11.9 Å². The summed E-state index contributed by atoms with van der Waals surface area (Å²) in [6.45, 7) is 2.00. The molecule has 35 heavy (non-hydrogen) atoms. The number of nitrogens with zero attached hydrogens (tertiary/aromatic N) is 3. The van der Waals surface area contributed by atoms with Gasteiger partial charge in [0, 0.05) is 30.7 Å². The lowest BCUT2D eigenvalue weighted by Gasteiger charge is -2.51. The monoisotopic (exact) mass is 474 g/mol. The second-order valence-corrected chi connectivity index (χ2v) is 11.1. The van der Waals surface area contributed by atoms with E-state index in [1.54, 1.807) is 6.07 Å². The molecule has 2 aromatic rings. The maximum atomic E-state index is 13.8. The predicted octanol–water partition coefficient (Wildman–Crippen LogP) is 4.59. The predicted molar refractivity (Wildman–Crippen MR) is 138 cm³/mol. The molecule has 3 amide bonds. The zero-order chi connectivity index (χ0) is 24.6. The van der Waals surface area contributed by atoms with Gasteiger partial charge in [0.25, 0.3) is 0 Å². The average molecular weight is 475 g/mol. The molecule has 186 valence electrons. The fourth-order valence-electron chi connectivity index (χ4n) is 6.61. The quantitative estimate of drug-likeness (QED) is 0.638. The molecule has 6 nitrogen and oxygen atoms in total. The van der Waals surface area contributed by atoms with Gasteiger partial charge in [-0.2, -0.15) is 0 Å². The summed E-state index contributed by atoms with van der Waals surface area (Å²) in [4.78, 5) is 32.4. The third kappa shape index (κ3) is 4.22. The molecule has 0 atom stereocenters. The van der Waals surface area contributed by atoms with E-state index in [0.717, 1.165) is 37.8 Å². The summed E-state index contributed by atoms with van der Waals surface area (Å²) in [7, 11) is 4.37. The van der Waals surface area contributed by atoms with E-state index in [4.69, 9.17) is 5.73 Å². The van der Waals surface area contributed by atoms with Crippen molar-refractivity contribution in [2.45, 2.75) is 62.6 Å². The average Bonchev–Trinajstić information content (AvgIpc) is 3.07. The smallest absolute Gasteiger partial charge is 0.320 e. The van der Waals surface area contributed by atoms with E-state index in [0.29, 0.717) is 24.6 Å². The lowest BCUT2D eigenvalue weighted by molar-refractivity contribution is 0.0159. The number of urea groups is 1. The van der Waals surface area contributed by atoms with E-state index < -0.39 is 5.91 Å². The summed E-state index contributed by atoms with van der Waals surface area (Å²) >= 11 is 0. The number of amides is 3. The van der Waals surface area contributed by atoms with Crippen molar-refractivity contribution in [3.8, 4) is 0 Å². The van der Waals surface area contributed by atoms with Crippen LogP contribution in [0.3, 0.4) is 0 Å². The molecule has 0 radical (unpaired) electrons. The van der Waals surface area contributed by atoms with Gasteiger partial charge in [-0.1, -0.05) is 55.0 Å². The molecule has 1 saturated heterocycles. The minimum Gasteiger partial charge on any atom is -0.366 e. The number of carbonyl (C=O) groups excluding carboxylic acids is 2. The number of benzene rings is 2. The van der Waals surface area contributed by atoms with Crippen LogP contribution in [0.5, 0.6) is 0 Å². The molecule has 2 N–H and O–H groups in total. The normalized spacial score (nSPS) is 27.0. The third-order valence-electron chi connectivity index (χ3n) is 9.04. The van der Waals surface area contributed by atoms with E-state index in [-0.39, 0.29) is 17.1 Å². The SMILES string of the molecule is CN(C)[C@]1(c2ccccc2)CC[C@]2(CC1)CN(Cc1ccccc1C(N)=O)C(=O)N2CC1CCC1. The number of hydrogen-bond acceptors (Lipinski definition) is 3. The van der Waals surface area contributed by atoms with Crippen molar-refractivity contribution in [1.82, 2.24) is 14.7 Å². The number of primary amides is 1. The molecule has 1 spiro atoms.